The zero-order valence-corrected chi connectivity index (χ0v) is 10.6. The summed E-state index contributed by atoms with van der Waals surface area (Å²) in [5.74, 6) is -0.951. The van der Waals surface area contributed by atoms with Crippen LogP contribution in [0.5, 0.6) is 0 Å². The third kappa shape index (κ3) is 3.49. The molecule has 92 valence electrons. The molecular formula is C12H14O4S. The summed E-state index contributed by atoms with van der Waals surface area (Å²) in [6.45, 7) is 2.97. The molecule has 4 nitrogen and oxygen atoms in total. The second-order valence-electron chi connectivity index (χ2n) is 3.76. The Morgan fingerprint density at radius 1 is 1.12 bits per heavy atom. The van der Waals surface area contributed by atoms with Crippen molar-refractivity contribution in [2.75, 3.05) is 5.75 Å². The van der Waals surface area contributed by atoms with Crippen molar-refractivity contribution in [2.24, 2.45) is 0 Å². The maximum Gasteiger partial charge on any atom is 0.185 e. The molecule has 0 aliphatic rings. The summed E-state index contributed by atoms with van der Waals surface area (Å²) in [5, 5.41) is 0. The quantitative estimate of drug-likeness (QED) is 0.749. The van der Waals surface area contributed by atoms with E-state index < -0.39 is 21.4 Å². The van der Waals surface area contributed by atoms with Crippen LogP contribution in [0.3, 0.4) is 0 Å². The van der Waals surface area contributed by atoms with Crippen molar-refractivity contribution in [3.63, 3.8) is 0 Å². The summed E-state index contributed by atoms with van der Waals surface area (Å²) in [5.41, 5.74) is 0.481. The molecule has 0 atom stereocenters. The van der Waals surface area contributed by atoms with Gasteiger partial charge in [-0.15, -0.1) is 0 Å². The first-order chi connectivity index (χ1) is 7.86. The summed E-state index contributed by atoms with van der Waals surface area (Å²) >= 11 is 0. The lowest BCUT2D eigenvalue weighted by Crippen LogP contribution is -2.13. The van der Waals surface area contributed by atoms with Gasteiger partial charge in [0.05, 0.1) is 4.90 Å². The maximum absolute atomic E-state index is 11.7. The van der Waals surface area contributed by atoms with Gasteiger partial charge in [-0.2, -0.15) is 0 Å². The van der Waals surface area contributed by atoms with Crippen molar-refractivity contribution < 1.29 is 18.0 Å². The fourth-order valence-corrected chi connectivity index (χ4v) is 2.66. The van der Waals surface area contributed by atoms with Crippen LogP contribution in [0.4, 0.5) is 0 Å². The Bertz CT molecular complexity index is 526. The van der Waals surface area contributed by atoms with Gasteiger partial charge < -0.3 is 0 Å². The first-order valence-corrected chi connectivity index (χ1v) is 6.87. The Hall–Kier alpha value is -1.49. The van der Waals surface area contributed by atoms with Gasteiger partial charge in [-0.1, -0.05) is 19.1 Å². The van der Waals surface area contributed by atoms with E-state index in [1.54, 1.807) is 6.92 Å². The van der Waals surface area contributed by atoms with Gasteiger partial charge in [0.15, 0.2) is 15.6 Å². The smallest absolute Gasteiger partial charge is 0.185 e. The largest absolute Gasteiger partial charge is 0.299 e. The van der Waals surface area contributed by atoms with Crippen molar-refractivity contribution in [1.29, 1.82) is 0 Å². The Morgan fingerprint density at radius 2 is 1.65 bits per heavy atom. The third-order valence-corrected chi connectivity index (χ3v) is 4.03. The molecule has 0 bridgehead atoms. The van der Waals surface area contributed by atoms with Crippen LogP contribution in [-0.4, -0.2) is 25.7 Å². The fraction of sp³-hybridized carbons (Fsp3) is 0.333. The molecule has 0 aliphatic heterocycles. The molecular weight excluding hydrogens is 240 g/mol. The van der Waals surface area contributed by atoms with Crippen LogP contribution in [0.15, 0.2) is 29.2 Å². The van der Waals surface area contributed by atoms with E-state index in [0.717, 1.165) is 0 Å². The van der Waals surface area contributed by atoms with E-state index in [1.165, 1.54) is 31.2 Å². The van der Waals surface area contributed by atoms with Crippen molar-refractivity contribution >= 4 is 21.4 Å². The van der Waals surface area contributed by atoms with E-state index in [-0.39, 0.29) is 10.7 Å². The van der Waals surface area contributed by atoms with E-state index >= 15 is 0 Å². The minimum atomic E-state index is -3.57. The standard InChI is InChI=1S/C12H14O4S/c1-3-12(14)10-4-6-11(7-5-10)17(15,16)8-9(2)13/h4-7H,3,8H2,1-2H3. The molecule has 0 amide bonds. The molecule has 0 heterocycles. The second-order valence-corrected chi connectivity index (χ2v) is 5.75. The highest BCUT2D eigenvalue weighted by Crippen LogP contribution is 2.13. The number of sulfone groups is 1. The summed E-state index contributed by atoms with van der Waals surface area (Å²) in [6, 6.07) is 5.67. The van der Waals surface area contributed by atoms with Gasteiger partial charge >= 0.3 is 0 Å². The molecule has 0 saturated heterocycles. The number of hydrogen-bond donors (Lipinski definition) is 0. The highest BCUT2D eigenvalue weighted by Gasteiger charge is 2.17. The molecule has 5 heteroatoms. The van der Waals surface area contributed by atoms with Gasteiger partial charge in [0, 0.05) is 12.0 Å². The van der Waals surface area contributed by atoms with Gasteiger partial charge in [-0.25, -0.2) is 8.42 Å². The third-order valence-electron chi connectivity index (χ3n) is 2.25. The van der Waals surface area contributed by atoms with Gasteiger partial charge in [0.25, 0.3) is 0 Å². The number of carbonyl (C=O) groups is 2. The molecule has 1 rings (SSSR count). The summed E-state index contributed by atoms with van der Waals surface area (Å²) < 4.78 is 23.4. The average Bonchev–Trinajstić information content (AvgIpc) is 2.26. The molecule has 0 spiro atoms. The van der Waals surface area contributed by atoms with Gasteiger partial charge in [0.1, 0.15) is 11.5 Å². The Morgan fingerprint density at radius 3 is 2.06 bits per heavy atom. The molecule has 0 aliphatic carbocycles. The van der Waals surface area contributed by atoms with Crippen molar-refractivity contribution in [2.45, 2.75) is 25.2 Å². The monoisotopic (exact) mass is 254 g/mol. The van der Waals surface area contributed by atoms with Crippen LogP contribution < -0.4 is 0 Å². The maximum atomic E-state index is 11.7. The summed E-state index contributed by atoms with van der Waals surface area (Å²) in [4.78, 5) is 22.2. The van der Waals surface area contributed by atoms with Crippen molar-refractivity contribution in [3.05, 3.63) is 29.8 Å². The zero-order valence-electron chi connectivity index (χ0n) is 9.76. The van der Waals surface area contributed by atoms with E-state index in [1.807, 2.05) is 0 Å². The number of benzene rings is 1. The highest BCUT2D eigenvalue weighted by atomic mass is 32.2. The van der Waals surface area contributed by atoms with Crippen LogP contribution in [0.25, 0.3) is 0 Å². The number of Topliss-reactive ketones (excluding diaryl/α,β-unsaturated/α-hetero) is 2. The molecule has 0 saturated carbocycles. The summed E-state index contributed by atoms with van der Waals surface area (Å²) in [6.07, 6.45) is 0.375. The zero-order chi connectivity index (χ0) is 13.1. The molecule has 0 N–H and O–H groups in total. The minimum absolute atomic E-state index is 0.0412. The number of rotatable bonds is 5. The Balaban J connectivity index is 3.03. The molecule has 17 heavy (non-hydrogen) atoms. The Kier molecular flexibility index (Phi) is 4.17. The predicted octanol–water partition coefficient (Wildman–Crippen LogP) is 1.64. The van der Waals surface area contributed by atoms with Crippen LogP contribution in [-0.2, 0) is 14.6 Å². The normalized spacial score (nSPS) is 11.2. The van der Waals surface area contributed by atoms with Crippen LogP contribution >= 0.6 is 0 Å². The van der Waals surface area contributed by atoms with E-state index in [4.69, 9.17) is 0 Å². The number of carbonyl (C=O) groups excluding carboxylic acids is 2. The highest BCUT2D eigenvalue weighted by molar-refractivity contribution is 7.92. The SMILES string of the molecule is CCC(=O)c1ccc(S(=O)(=O)CC(C)=O)cc1. The Labute approximate surface area is 101 Å². The second kappa shape index (κ2) is 5.23. The number of ketones is 2. The number of hydrogen-bond acceptors (Lipinski definition) is 4. The van der Waals surface area contributed by atoms with E-state index in [2.05, 4.69) is 0 Å². The molecule has 0 aromatic heterocycles. The predicted molar refractivity (Wildman–Crippen MR) is 63.8 cm³/mol. The van der Waals surface area contributed by atoms with E-state index in [9.17, 15) is 18.0 Å². The van der Waals surface area contributed by atoms with Crippen molar-refractivity contribution in [3.8, 4) is 0 Å². The van der Waals surface area contributed by atoms with Gasteiger partial charge in [-0.05, 0) is 19.1 Å². The lowest BCUT2D eigenvalue weighted by atomic mass is 10.1. The molecule has 0 radical (unpaired) electrons. The lowest BCUT2D eigenvalue weighted by molar-refractivity contribution is -0.114. The lowest BCUT2D eigenvalue weighted by Gasteiger charge is -2.03. The first kappa shape index (κ1) is 13.6. The molecule has 1 aromatic carbocycles. The first-order valence-electron chi connectivity index (χ1n) is 5.22. The minimum Gasteiger partial charge on any atom is -0.299 e. The van der Waals surface area contributed by atoms with Crippen LogP contribution in [0.2, 0.25) is 0 Å². The summed E-state index contributed by atoms with van der Waals surface area (Å²) in [7, 11) is -3.57. The topological polar surface area (TPSA) is 68.3 Å². The van der Waals surface area contributed by atoms with Crippen molar-refractivity contribution in [1.82, 2.24) is 0 Å². The van der Waals surface area contributed by atoms with Crippen LogP contribution in [0.1, 0.15) is 30.6 Å². The van der Waals surface area contributed by atoms with Gasteiger partial charge in [0.2, 0.25) is 0 Å². The van der Waals surface area contributed by atoms with Gasteiger partial charge in [-0.3, -0.25) is 9.59 Å². The molecule has 1 aromatic rings. The van der Waals surface area contributed by atoms with E-state index in [0.29, 0.717) is 12.0 Å². The molecule has 0 unspecified atom stereocenters. The van der Waals surface area contributed by atoms with Crippen LogP contribution in [0, 0.1) is 0 Å². The average molecular weight is 254 g/mol. The molecule has 0 fully saturated rings. The fourth-order valence-electron chi connectivity index (χ4n) is 1.40.